The van der Waals surface area contributed by atoms with Gasteiger partial charge in [0.15, 0.2) is 5.82 Å². The second kappa shape index (κ2) is 8.67. The van der Waals surface area contributed by atoms with Crippen LogP contribution < -0.4 is 10.1 Å². The molecule has 3 rings (SSSR count). The quantitative estimate of drug-likeness (QED) is 0.496. The second-order valence-corrected chi connectivity index (χ2v) is 6.29. The Morgan fingerprint density at radius 1 is 1.21 bits per heavy atom. The van der Waals surface area contributed by atoms with Crippen LogP contribution in [0.4, 0.5) is 15.9 Å². The Bertz CT molecular complexity index is 1090. The van der Waals surface area contributed by atoms with Gasteiger partial charge in [0.25, 0.3) is 0 Å². The predicted molar refractivity (Wildman–Crippen MR) is 114 cm³/mol. The predicted octanol–water partition coefficient (Wildman–Crippen LogP) is 6.32. The summed E-state index contributed by atoms with van der Waals surface area (Å²) in [5.74, 6) is 1.28. The summed E-state index contributed by atoms with van der Waals surface area (Å²) in [5, 5.41) is 4.03. The van der Waals surface area contributed by atoms with Crippen LogP contribution >= 0.6 is 11.6 Å². The summed E-state index contributed by atoms with van der Waals surface area (Å²) in [6.07, 6.45) is 7.38. The van der Waals surface area contributed by atoms with Gasteiger partial charge in [-0.1, -0.05) is 42.5 Å². The number of benzene rings is 2. The fourth-order valence-corrected chi connectivity index (χ4v) is 2.79. The first-order chi connectivity index (χ1) is 13.5. The maximum absolute atomic E-state index is 13.5. The molecule has 0 spiro atoms. The van der Waals surface area contributed by atoms with Crippen LogP contribution in [-0.4, -0.2) is 17.1 Å². The Balaban J connectivity index is 2.17. The summed E-state index contributed by atoms with van der Waals surface area (Å²) in [6.45, 7) is 5.78. The molecule has 142 valence electrons. The van der Waals surface area contributed by atoms with E-state index in [1.54, 1.807) is 19.3 Å². The minimum absolute atomic E-state index is 0.0324. The Kier molecular flexibility index (Phi) is 6.06. The van der Waals surface area contributed by atoms with Gasteiger partial charge in [-0.05, 0) is 37.3 Å². The van der Waals surface area contributed by atoms with Crippen molar-refractivity contribution in [3.05, 3.63) is 83.9 Å². The fourth-order valence-electron chi connectivity index (χ4n) is 2.61. The summed E-state index contributed by atoms with van der Waals surface area (Å²) < 4.78 is 18.8. The van der Waals surface area contributed by atoms with Crippen LogP contribution in [0.3, 0.4) is 0 Å². The molecule has 0 atom stereocenters. The lowest BCUT2D eigenvalue weighted by Crippen LogP contribution is -2.01. The molecule has 4 nitrogen and oxygen atoms in total. The van der Waals surface area contributed by atoms with Gasteiger partial charge in [0.05, 0.1) is 17.6 Å². The third-order valence-corrected chi connectivity index (χ3v) is 4.32. The molecule has 2 aromatic carbocycles. The molecule has 0 saturated carbocycles. The number of fused-ring (bicyclic) bond motifs is 1. The number of methoxy groups -OCH3 is 1. The topological polar surface area (TPSA) is 47.0 Å². The van der Waals surface area contributed by atoms with E-state index in [2.05, 4.69) is 21.9 Å². The van der Waals surface area contributed by atoms with E-state index in [9.17, 15) is 4.39 Å². The molecule has 6 heteroatoms. The van der Waals surface area contributed by atoms with E-state index in [0.717, 1.165) is 11.0 Å². The van der Waals surface area contributed by atoms with Crippen LogP contribution in [0.15, 0.2) is 67.3 Å². The van der Waals surface area contributed by atoms with Crippen LogP contribution in [0.25, 0.3) is 16.5 Å². The van der Waals surface area contributed by atoms with Crippen molar-refractivity contribution < 1.29 is 9.13 Å². The summed E-state index contributed by atoms with van der Waals surface area (Å²) in [7, 11) is 1.60. The molecule has 0 saturated heterocycles. The van der Waals surface area contributed by atoms with Crippen LogP contribution in [-0.2, 0) is 0 Å². The summed E-state index contributed by atoms with van der Waals surface area (Å²) in [5.41, 5.74) is 2.09. The molecule has 3 aromatic rings. The van der Waals surface area contributed by atoms with Crippen LogP contribution in [0.2, 0.25) is 5.02 Å². The van der Waals surface area contributed by atoms with Gasteiger partial charge in [0, 0.05) is 22.7 Å². The molecule has 0 amide bonds. The molecule has 0 bridgehead atoms. The fraction of sp³-hybridized carbons (Fsp3) is 0.0909. The lowest BCUT2D eigenvalue weighted by Gasteiger charge is -2.12. The maximum atomic E-state index is 13.5. The molecular weight excluding hydrogens is 377 g/mol. The van der Waals surface area contributed by atoms with E-state index in [1.165, 1.54) is 12.1 Å². The summed E-state index contributed by atoms with van der Waals surface area (Å²) >= 11 is 5.90. The van der Waals surface area contributed by atoms with Gasteiger partial charge in [-0.25, -0.2) is 14.4 Å². The first kappa shape index (κ1) is 19.6. The highest BCUT2D eigenvalue weighted by Crippen LogP contribution is 2.30. The van der Waals surface area contributed by atoms with Gasteiger partial charge in [-0.15, -0.1) is 0 Å². The minimum Gasteiger partial charge on any atom is -0.497 e. The SMILES string of the molecule is C=C/C(=C\C=C/C)c1nc(Nc2ccc(F)c(Cl)c2)c2ccc(OC)cc2n1. The molecule has 0 aliphatic heterocycles. The number of nitrogens with one attached hydrogen (secondary N) is 1. The smallest absolute Gasteiger partial charge is 0.162 e. The van der Waals surface area contributed by atoms with Crippen molar-refractivity contribution in [2.24, 2.45) is 0 Å². The van der Waals surface area contributed by atoms with Gasteiger partial charge in [0.1, 0.15) is 17.4 Å². The zero-order valence-electron chi connectivity index (χ0n) is 15.5. The van der Waals surface area contributed by atoms with Gasteiger partial charge < -0.3 is 10.1 Å². The van der Waals surface area contributed by atoms with Crippen molar-refractivity contribution in [3.63, 3.8) is 0 Å². The average Bonchev–Trinajstić information content (AvgIpc) is 2.71. The van der Waals surface area contributed by atoms with E-state index in [-0.39, 0.29) is 5.02 Å². The monoisotopic (exact) mass is 395 g/mol. The molecule has 1 N–H and O–H groups in total. The zero-order valence-corrected chi connectivity index (χ0v) is 16.3. The zero-order chi connectivity index (χ0) is 20.1. The molecule has 1 heterocycles. The molecule has 0 fully saturated rings. The van der Waals surface area contributed by atoms with Crippen molar-refractivity contribution in [3.8, 4) is 5.75 Å². The molecule has 0 radical (unpaired) electrons. The maximum Gasteiger partial charge on any atom is 0.162 e. The van der Waals surface area contributed by atoms with Crippen LogP contribution in [0.5, 0.6) is 5.75 Å². The van der Waals surface area contributed by atoms with Gasteiger partial charge >= 0.3 is 0 Å². The lowest BCUT2D eigenvalue weighted by molar-refractivity contribution is 0.415. The Labute approximate surface area is 168 Å². The van der Waals surface area contributed by atoms with Crippen molar-refractivity contribution in [1.29, 1.82) is 0 Å². The Morgan fingerprint density at radius 3 is 2.71 bits per heavy atom. The van der Waals surface area contributed by atoms with Gasteiger partial charge in [-0.2, -0.15) is 0 Å². The molecule has 1 aromatic heterocycles. The van der Waals surface area contributed by atoms with E-state index >= 15 is 0 Å². The van der Waals surface area contributed by atoms with Crippen molar-refractivity contribution in [1.82, 2.24) is 9.97 Å². The number of ether oxygens (including phenoxy) is 1. The van der Waals surface area contributed by atoms with Gasteiger partial charge in [-0.3, -0.25) is 0 Å². The highest BCUT2D eigenvalue weighted by Gasteiger charge is 2.12. The van der Waals surface area contributed by atoms with E-state index < -0.39 is 5.82 Å². The number of allylic oxidation sites excluding steroid dienone is 5. The molecule has 0 aliphatic carbocycles. The Morgan fingerprint density at radius 2 is 2.04 bits per heavy atom. The van der Waals surface area contributed by atoms with Crippen molar-refractivity contribution in [2.75, 3.05) is 12.4 Å². The number of nitrogens with zero attached hydrogens (tertiary/aromatic N) is 2. The molecule has 0 unspecified atom stereocenters. The standard InChI is InChI=1S/C22H19ClFN3O/c1-4-6-7-14(5-2)21-26-20-13-16(28-3)9-10-17(20)22(27-21)25-15-8-11-19(24)18(23)12-15/h4-13H,2H2,1,3H3,(H,25,26,27)/b6-4-,14-7+. The van der Waals surface area contributed by atoms with E-state index in [1.807, 2.05) is 43.4 Å². The van der Waals surface area contributed by atoms with Crippen LogP contribution in [0, 0.1) is 5.82 Å². The third kappa shape index (κ3) is 4.21. The number of rotatable bonds is 6. The summed E-state index contributed by atoms with van der Waals surface area (Å²) in [6, 6.07) is 9.95. The number of aromatic nitrogens is 2. The number of anilines is 2. The number of hydrogen-bond donors (Lipinski definition) is 1. The van der Waals surface area contributed by atoms with Gasteiger partial charge in [0.2, 0.25) is 0 Å². The van der Waals surface area contributed by atoms with E-state index in [4.69, 9.17) is 16.3 Å². The largest absolute Gasteiger partial charge is 0.497 e. The molecule has 0 aliphatic rings. The number of halogens is 2. The molecule has 28 heavy (non-hydrogen) atoms. The second-order valence-electron chi connectivity index (χ2n) is 5.88. The normalized spacial score (nSPS) is 11.8. The third-order valence-electron chi connectivity index (χ3n) is 4.03. The minimum atomic E-state index is -0.478. The first-order valence-corrected chi connectivity index (χ1v) is 8.97. The highest BCUT2D eigenvalue weighted by atomic mass is 35.5. The Hall–Kier alpha value is -3.18. The lowest BCUT2D eigenvalue weighted by atomic mass is 10.1. The molecular formula is C22H19ClFN3O. The number of hydrogen-bond acceptors (Lipinski definition) is 4. The highest BCUT2D eigenvalue weighted by molar-refractivity contribution is 6.31. The van der Waals surface area contributed by atoms with Crippen LogP contribution in [0.1, 0.15) is 12.7 Å². The van der Waals surface area contributed by atoms with Crippen molar-refractivity contribution in [2.45, 2.75) is 6.92 Å². The summed E-state index contributed by atoms with van der Waals surface area (Å²) in [4.78, 5) is 9.31. The van der Waals surface area contributed by atoms with E-state index in [0.29, 0.717) is 28.6 Å². The first-order valence-electron chi connectivity index (χ1n) is 8.59. The average molecular weight is 396 g/mol. The van der Waals surface area contributed by atoms with Crippen molar-refractivity contribution >= 4 is 39.6 Å².